The van der Waals surface area contributed by atoms with Crippen molar-refractivity contribution in [1.82, 2.24) is 9.88 Å². The molecule has 1 aliphatic rings. The van der Waals surface area contributed by atoms with Crippen LogP contribution in [0.1, 0.15) is 26.7 Å². The lowest BCUT2D eigenvalue weighted by Crippen LogP contribution is -2.49. The summed E-state index contributed by atoms with van der Waals surface area (Å²) in [6.45, 7) is 7.07. The molecule has 1 fully saturated rings. The van der Waals surface area contributed by atoms with Crippen molar-refractivity contribution in [2.24, 2.45) is 5.73 Å². The molecule has 1 aromatic heterocycles. The van der Waals surface area contributed by atoms with E-state index in [1.165, 1.54) is 0 Å². The van der Waals surface area contributed by atoms with Crippen LogP contribution in [0.2, 0.25) is 0 Å². The number of amides is 1. The van der Waals surface area contributed by atoms with Gasteiger partial charge in [0.15, 0.2) is 0 Å². The summed E-state index contributed by atoms with van der Waals surface area (Å²) in [5, 5.41) is 0. The number of halogens is 1. The summed E-state index contributed by atoms with van der Waals surface area (Å²) in [5.74, 6) is 1.17. The lowest BCUT2D eigenvalue weighted by Gasteiger charge is -2.35. The number of piperazine rings is 1. The highest BCUT2D eigenvalue weighted by Crippen LogP contribution is 2.17. The van der Waals surface area contributed by atoms with E-state index in [0.717, 1.165) is 42.9 Å². The molecule has 1 aliphatic heterocycles. The quantitative estimate of drug-likeness (QED) is 0.898. The minimum Gasteiger partial charge on any atom is -0.353 e. The second-order valence-electron chi connectivity index (χ2n) is 6.19. The maximum absolute atomic E-state index is 12.2. The Balaban J connectivity index is 1.82. The molecule has 0 bridgehead atoms. The summed E-state index contributed by atoms with van der Waals surface area (Å²) in [5.41, 5.74) is 5.65. The number of carbonyl (C=O) groups excluding carboxylic acids is 1. The summed E-state index contributed by atoms with van der Waals surface area (Å²) < 4.78 is 0.976. The number of rotatable bonds is 4. The molecule has 1 saturated heterocycles. The van der Waals surface area contributed by atoms with E-state index in [9.17, 15) is 4.79 Å². The first-order valence-electron chi connectivity index (χ1n) is 7.28. The van der Waals surface area contributed by atoms with Gasteiger partial charge in [0.2, 0.25) is 5.91 Å². The Bertz CT molecular complexity index is 475. The van der Waals surface area contributed by atoms with Crippen molar-refractivity contribution >= 4 is 27.7 Å². The smallest absolute Gasteiger partial charge is 0.222 e. The van der Waals surface area contributed by atoms with Crippen molar-refractivity contribution in [1.29, 1.82) is 0 Å². The van der Waals surface area contributed by atoms with Gasteiger partial charge in [0.1, 0.15) is 5.82 Å². The minimum absolute atomic E-state index is 0.206. The van der Waals surface area contributed by atoms with E-state index < -0.39 is 0 Å². The topological polar surface area (TPSA) is 62.5 Å². The second kappa shape index (κ2) is 6.75. The zero-order valence-corrected chi connectivity index (χ0v) is 14.3. The Morgan fingerprint density at radius 2 is 2.00 bits per heavy atom. The van der Waals surface area contributed by atoms with Gasteiger partial charge in [0.05, 0.1) is 0 Å². The van der Waals surface area contributed by atoms with Crippen LogP contribution in [0.15, 0.2) is 22.8 Å². The predicted octanol–water partition coefficient (Wildman–Crippen LogP) is 2.01. The van der Waals surface area contributed by atoms with Gasteiger partial charge in [-0.15, -0.1) is 0 Å². The van der Waals surface area contributed by atoms with E-state index >= 15 is 0 Å². The van der Waals surface area contributed by atoms with Crippen LogP contribution in [-0.2, 0) is 4.79 Å². The molecule has 0 atom stereocenters. The van der Waals surface area contributed by atoms with Crippen molar-refractivity contribution < 1.29 is 4.79 Å². The first-order chi connectivity index (χ1) is 9.85. The number of anilines is 1. The van der Waals surface area contributed by atoms with Crippen molar-refractivity contribution in [3.05, 3.63) is 22.8 Å². The van der Waals surface area contributed by atoms with Crippen LogP contribution >= 0.6 is 15.9 Å². The number of hydrogen-bond donors (Lipinski definition) is 1. The standard InChI is InChI=1S/C15H23BrN4O/c1-15(2,17)6-5-14(21)20-9-7-19(8-10-20)13-4-3-12(16)11-18-13/h3-4,11H,5-10,17H2,1-2H3. The molecule has 1 amide bonds. The van der Waals surface area contributed by atoms with E-state index in [0.29, 0.717) is 6.42 Å². The van der Waals surface area contributed by atoms with Gasteiger partial charge in [-0.25, -0.2) is 4.98 Å². The van der Waals surface area contributed by atoms with Gasteiger partial charge >= 0.3 is 0 Å². The van der Waals surface area contributed by atoms with Crippen LogP contribution in [0.4, 0.5) is 5.82 Å². The molecule has 2 rings (SSSR count). The Morgan fingerprint density at radius 3 is 2.52 bits per heavy atom. The van der Waals surface area contributed by atoms with Gasteiger partial charge in [0, 0.05) is 48.8 Å². The van der Waals surface area contributed by atoms with E-state index in [4.69, 9.17) is 5.73 Å². The van der Waals surface area contributed by atoms with Gasteiger partial charge in [-0.2, -0.15) is 0 Å². The molecule has 116 valence electrons. The monoisotopic (exact) mass is 354 g/mol. The molecule has 0 aromatic carbocycles. The van der Waals surface area contributed by atoms with E-state index in [1.54, 1.807) is 6.20 Å². The van der Waals surface area contributed by atoms with Gasteiger partial charge in [-0.1, -0.05) is 0 Å². The molecule has 1 aromatic rings. The number of pyridine rings is 1. The number of aromatic nitrogens is 1. The Labute approximate surface area is 134 Å². The Morgan fingerprint density at radius 1 is 1.33 bits per heavy atom. The fourth-order valence-electron chi connectivity index (χ4n) is 2.33. The lowest BCUT2D eigenvalue weighted by molar-refractivity contribution is -0.131. The van der Waals surface area contributed by atoms with Crippen LogP contribution in [0, 0.1) is 0 Å². The summed E-state index contributed by atoms with van der Waals surface area (Å²) in [6.07, 6.45) is 3.05. The highest BCUT2D eigenvalue weighted by molar-refractivity contribution is 9.10. The molecule has 6 heteroatoms. The molecule has 2 N–H and O–H groups in total. The molecule has 21 heavy (non-hydrogen) atoms. The first kappa shape index (κ1) is 16.2. The fraction of sp³-hybridized carbons (Fsp3) is 0.600. The van der Waals surface area contributed by atoms with Gasteiger partial charge in [-0.05, 0) is 48.3 Å². The molecule has 0 unspecified atom stereocenters. The second-order valence-corrected chi connectivity index (χ2v) is 7.11. The minimum atomic E-state index is -0.279. The fourth-order valence-corrected chi connectivity index (χ4v) is 2.56. The molecule has 0 spiro atoms. The highest BCUT2D eigenvalue weighted by atomic mass is 79.9. The van der Waals surface area contributed by atoms with Crippen LogP contribution in [0.25, 0.3) is 0 Å². The third kappa shape index (κ3) is 4.97. The van der Waals surface area contributed by atoms with E-state index in [2.05, 4.69) is 25.8 Å². The van der Waals surface area contributed by atoms with Crippen molar-refractivity contribution in [2.45, 2.75) is 32.2 Å². The molecular formula is C15H23BrN4O. The van der Waals surface area contributed by atoms with Crippen LogP contribution < -0.4 is 10.6 Å². The van der Waals surface area contributed by atoms with E-state index in [1.807, 2.05) is 30.9 Å². The SMILES string of the molecule is CC(C)(N)CCC(=O)N1CCN(c2ccc(Br)cn2)CC1. The van der Waals surface area contributed by atoms with Crippen LogP contribution in [-0.4, -0.2) is 47.5 Å². The predicted molar refractivity (Wildman–Crippen MR) is 88.2 cm³/mol. The average Bonchev–Trinajstić information content (AvgIpc) is 2.45. The van der Waals surface area contributed by atoms with Gasteiger partial charge < -0.3 is 15.5 Å². The third-order valence-electron chi connectivity index (χ3n) is 3.65. The number of carbonyl (C=O) groups is 1. The first-order valence-corrected chi connectivity index (χ1v) is 8.08. The van der Waals surface area contributed by atoms with Crippen molar-refractivity contribution in [2.75, 3.05) is 31.1 Å². The Hall–Kier alpha value is -1.14. The van der Waals surface area contributed by atoms with Gasteiger partial charge in [0.25, 0.3) is 0 Å². The van der Waals surface area contributed by atoms with E-state index in [-0.39, 0.29) is 11.4 Å². The molecule has 0 radical (unpaired) electrons. The number of nitrogens with two attached hydrogens (primary N) is 1. The zero-order chi connectivity index (χ0) is 15.5. The summed E-state index contributed by atoms with van der Waals surface area (Å²) >= 11 is 3.39. The maximum Gasteiger partial charge on any atom is 0.222 e. The molecule has 0 saturated carbocycles. The molecular weight excluding hydrogens is 332 g/mol. The maximum atomic E-state index is 12.2. The summed E-state index contributed by atoms with van der Waals surface area (Å²) in [4.78, 5) is 20.7. The number of hydrogen-bond acceptors (Lipinski definition) is 4. The van der Waals surface area contributed by atoms with Crippen LogP contribution in [0.5, 0.6) is 0 Å². The molecule has 5 nitrogen and oxygen atoms in total. The van der Waals surface area contributed by atoms with Gasteiger partial charge in [-0.3, -0.25) is 4.79 Å². The summed E-state index contributed by atoms with van der Waals surface area (Å²) in [7, 11) is 0. The molecule has 0 aliphatic carbocycles. The Kier molecular flexibility index (Phi) is 5.22. The average molecular weight is 355 g/mol. The zero-order valence-electron chi connectivity index (χ0n) is 12.7. The normalized spacial score (nSPS) is 16.2. The largest absolute Gasteiger partial charge is 0.353 e. The summed E-state index contributed by atoms with van der Waals surface area (Å²) in [6, 6.07) is 3.99. The lowest BCUT2D eigenvalue weighted by atomic mass is 9.99. The van der Waals surface area contributed by atoms with Crippen LogP contribution in [0.3, 0.4) is 0 Å². The number of nitrogens with zero attached hydrogens (tertiary/aromatic N) is 3. The highest BCUT2D eigenvalue weighted by Gasteiger charge is 2.23. The van der Waals surface area contributed by atoms with Crippen molar-refractivity contribution in [3.63, 3.8) is 0 Å². The third-order valence-corrected chi connectivity index (χ3v) is 4.12. The van der Waals surface area contributed by atoms with Crippen molar-refractivity contribution in [3.8, 4) is 0 Å². The molecule has 2 heterocycles.